The molecule has 0 aromatic carbocycles. The highest BCUT2D eigenvalue weighted by Gasteiger charge is 2.24. The zero-order valence-electron chi connectivity index (χ0n) is 13.1. The maximum atomic E-state index is 5.04. The van der Waals surface area contributed by atoms with Crippen LogP contribution in [0.1, 0.15) is 37.1 Å². The zero-order valence-corrected chi connectivity index (χ0v) is 14.8. The standard InChI is InChI=1S/C17H19N3S2/c1-9(2)7-12-10-5-4-6-11(10)13-14-15(22-16(13)20-12)17(21-3)19-8-18-14/h8-9H,4-7H2,1-3H3. The Morgan fingerprint density at radius 3 is 2.82 bits per heavy atom. The average Bonchev–Trinajstić information content (AvgIpc) is 3.09. The molecule has 0 N–H and O–H groups in total. The van der Waals surface area contributed by atoms with Crippen molar-refractivity contribution in [2.45, 2.75) is 44.6 Å². The van der Waals surface area contributed by atoms with E-state index in [0.717, 1.165) is 21.8 Å². The normalized spacial score (nSPS) is 14.4. The van der Waals surface area contributed by atoms with Crippen LogP contribution in [0.5, 0.6) is 0 Å². The van der Waals surface area contributed by atoms with E-state index in [9.17, 15) is 0 Å². The third kappa shape index (κ3) is 2.14. The zero-order chi connectivity index (χ0) is 15.3. The SMILES string of the molecule is CSc1ncnc2c1sc1nc(CC(C)C)c3c(c12)CCC3. The summed E-state index contributed by atoms with van der Waals surface area (Å²) in [5.74, 6) is 0.644. The molecule has 0 bridgehead atoms. The fourth-order valence-corrected chi connectivity index (χ4v) is 5.33. The summed E-state index contributed by atoms with van der Waals surface area (Å²) < 4.78 is 1.20. The molecular formula is C17H19N3S2. The number of aryl methyl sites for hydroxylation is 1. The van der Waals surface area contributed by atoms with Gasteiger partial charge in [-0.1, -0.05) is 13.8 Å². The number of thioether (sulfide) groups is 1. The average molecular weight is 329 g/mol. The predicted octanol–water partition coefficient (Wildman–Crippen LogP) is 4.65. The molecule has 0 saturated carbocycles. The van der Waals surface area contributed by atoms with Gasteiger partial charge in [-0.3, -0.25) is 0 Å². The summed E-state index contributed by atoms with van der Waals surface area (Å²) in [6, 6.07) is 0. The summed E-state index contributed by atoms with van der Waals surface area (Å²) in [4.78, 5) is 15.2. The first-order chi connectivity index (χ1) is 10.7. The van der Waals surface area contributed by atoms with Crippen molar-refractivity contribution in [3.05, 3.63) is 23.1 Å². The summed E-state index contributed by atoms with van der Waals surface area (Å²) in [5, 5.41) is 2.38. The van der Waals surface area contributed by atoms with Crippen molar-refractivity contribution in [1.29, 1.82) is 0 Å². The number of nitrogens with zero attached hydrogens (tertiary/aromatic N) is 3. The lowest BCUT2D eigenvalue weighted by atomic mass is 9.99. The van der Waals surface area contributed by atoms with Gasteiger partial charge in [0.1, 0.15) is 16.2 Å². The monoisotopic (exact) mass is 329 g/mol. The van der Waals surface area contributed by atoms with E-state index < -0.39 is 0 Å². The molecule has 0 spiro atoms. The maximum Gasteiger partial charge on any atom is 0.126 e. The molecule has 3 aromatic heterocycles. The van der Waals surface area contributed by atoms with Crippen molar-refractivity contribution in [1.82, 2.24) is 15.0 Å². The van der Waals surface area contributed by atoms with Gasteiger partial charge in [-0.05, 0) is 49.0 Å². The predicted molar refractivity (Wildman–Crippen MR) is 95.1 cm³/mol. The second-order valence-electron chi connectivity index (χ2n) is 6.31. The van der Waals surface area contributed by atoms with Gasteiger partial charge in [-0.2, -0.15) is 0 Å². The van der Waals surface area contributed by atoms with Crippen molar-refractivity contribution in [3.8, 4) is 0 Å². The van der Waals surface area contributed by atoms with Crippen LogP contribution < -0.4 is 0 Å². The number of aromatic nitrogens is 3. The molecular weight excluding hydrogens is 310 g/mol. The summed E-state index contributed by atoms with van der Waals surface area (Å²) in [5.41, 5.74) is 5.45. The molecule has 0 unspecified atom stereocenters. The van der Waals surface area contributed by atoms with E-state index in [1.807, 2.05) is 0 Å². The van der Waals surface area contributed by atoms with E-state index in [1.54, 1.807) is 29.4 Å². The Bertz CT molecular complexity index is 867. The first-order valence-corrected chi connectivity index (χ1v) is 9.85. The first-order valence-electron chi connectivity index (χ1n) is 7.81. The van der Waals surface area contributed by atoms with E-state index >= 15 is 0 Å². The summed E-state index contributed by atoms with van der Waals surface area (Å²) in [7, 11) is 0. The minimum atomic E-state index is 0.644. The maximum absolute atomic E-state index is 5.04. The highest BCUT2D eigenvalue weighted by molar-refractivity contribution is 7.98. The topological polar surface area (TPSA) is 38.7 Å². The Kier molecular flexibility index (Phi) is 3.57. The van der Waals surface area contributed by atoms with Gasteiger partial charge in [-0.25, -0.2) is 15.0 Å². The van der Waals surface area contributed by atoms with Crippen LogP contribution in [0.25, 0.3) is 20.4 Å². The van der Waals surface area contributed by atoms with E-state index in [2.05, 4.69) is 30.1 Å². The van der Waals surface area contributed by atoms with E-state index in [0.29, 0.717) is 5.92 Å². The fourth-order valence-electron chi connectivity index (χ4n) is 3.46. The van der Waals surface area contributed by atoms with Crippen LogP contribution in [-0.2, 0) is 19.3 Å². The number of fused-ring (bicyclic) bond motifs is 5. The first kappa shape index (κ1) is 14.4. The van der Waals surface area contributed by atoms with Gasteiger partial charge in [0, 0.05) is 11.1 Å². The van der Waals surface area contributed by atoms with Crippen LogP contribution in [-0.4, -0.2) is 21.2 Å². The third-order valence-electron chi connectivity index (χ3n) is 4.32. The van der Waals surface area contributed by atoms with E-state index in [-0.39, 0.29) is 0 Å². The quantitative estimate of drug-likeness (QED) is 0.518. The van der Waals surface area contributed by atoms with Crippen molar-refractivity contribution >= 4 is 43.5 Å². The largest absolute Gasteiger partial charge is 0.242 e. The minimum Gasteiger partial charge on any atom is -0.242 e. The molecule has 0 aliphatic heterocycles. The Labute approximate surface area is 138 Å². The third-order valence-corrected chi connectivity index (χ3v) is 6.22. The number of thiophene rings is 1. The Morgan fingerprint density at radius 2 is 2.05 bits per heavy atom. The fraction of sp³-hybridized carbons (Fsp3) is 0.471. The second-order valence-corrected chi connectivity index (χ2v) is 8.10. The molecule has 114 valence electrons. The van der Waals surface area contributed by atoms with Gasteiger partial charge in [-0.15, -0.1) is 23.1 Å². The van der Waals surface area contributed by atoms with Gasteiger partial charge < -0.3 is 0 Å². The van der Waals surface area contributed by atoms with Crippen molar-refractivity contribution in [3.63, 3.8) is 0 Å². The van der Waals surface area contributed by atoms with Gasteiger partial charge in [0.2, 0.25) is 0 Å². The van der Waals surface area contributed by atoms with E-state index in [1.165, 1.54) is 46.2 Å². The lowest BCUT2D eigenvalue weighted by molar-refractivity contribution is 0.632. The highest BCUT2D eigenvalue weighted by Crippen LogP contribution is 2.41. The molecule has 0 atom stereocenters. The molecule has 0 saturated heterocycles. The summed E-state index contributed by atoms with van der Waals surface area (Å²) in [6.45, 7) is 4.55. The molecule has 22 heavy (non-hydrogen) atoms. The number of hydrogen-bond acceptors (Lipinski definition) is 5. The number of pyridine rings is 1. The van der Waals surface area contributed by atoms with Crippen LogP contribution in [0.4, 0.5) is 0 Å². The van der Waals surface area contributed by atoms with Crippen molar-refractivity contribution in [2.24, 2.45) is 5.92 Å². The lowest BCUT2D eigenvalue weighted by Gasteiger charge is -2.11. The number of hydrogen-bond donors (Lipinski definition) is 0. The molecule has 3 aromatic rings. The van der Waals surface area contributed by atoms with Crippen LogP contribution >= 0.6 is 23.1 Å². The molecule has 3 nitrogen and oxygen atoms in total. The number of rotatable bonds is 3. The molecule has 4 rings (SSSR count). The second kappa shape index (κ2) is 5.46. The van der Waals surface area contributed by atoms with Crippen LogP contribution in [0, 0.1) is 5.92 Å². The van der Waals surface area contributed by atoms with Crippen LogP contribution in [0.15, 0.2) is 11.4 Å². The molecule has 0 fully saturated rings. The van der Waals surface area contributed by atoms with Gasteiger partial charge in [0.15, 0.2) is 0 Å². The van der Waals surface area contributed by atoms with Gasteiger partial charge in [0.25, 0.3) is 0 Å². The highest BCUT2D eigenvalue weighted by atomic mass is 32.2. The molecule has 1 aliphatic rings. The summed E-state index contributed by atoms with van der Waals surface area (Å²) >= 11 is 3.46. The molecule has 0 radical (unpaired) electrons. The van der Waals surface area contributed by atoms with Crippen molar-refractivity contribution in [2.75, 3.05) is 6.26 Å². The van der Waals surface area contributed by atoms with Crippen LogP contribution in [0.2, 0.25) is 0 Å². The van der Waals surface area contributed by atoms with E-state index in [4.69, 9.17) is 4.98 Å². The molecule has 3 heterocycles. The Hall–Kier alpha value is -1.20. The van der Waals surface area contributed by atoms with Gasteiger partial charge in [0.05, 0.1) is 10.2 Å². The van der Waals surface area contributed by atoms with Crippen molar-refractivity contribution < 1.29 is 0 Å². The molecule has 5 heteroatoms. The Morgan fingerprint density at radius 1 is 1.23 bits per heavy atom. The smallest absolute Gasteiger partial charge is 0.126 e. The summed E-state index contributed by atoms with van der Waals surface area (Å²) in [6.07, 6.45) is 8.45. The molecule has 0 amide bonds. The van der Waals surface area contributed by atoms with Gasteiger partial charge >= 0.3 is 0 Å². The minimum absolute atomic E-state index is 0.644. The molecule has 1 aliphatic carbocycles. The lowest BCUT2D eigenvalue weighted by Crippen LogP contribution is -2.03. The van der Waals surface area contributed by atoms with Crippen LogP contribution in [0.3, 0.4) is 0 Å². The Balaban J connectivity index is 2.07.